The highest BCUT2D eigenvalue weighted by Gasteiger charge is 2.09. The zero-order valence-electron chi connectivity index (χ0n) is 15.9. The highest BCUT2D eigenvalue weighted by Crippen LogP contribution is 2.19. The minimum absolute atomic E-state index is 0.139. The van der Waals surface area contributed by atoms with E-state index in [0.717, 1.165) is 18.8 Å². The molecule has 0 fully saturated rings. The van der Waals surface area contributed by atoms with E-state index in [1.54, 1.807) is 30.3 Å². The first-order chi connectivity index (χ1) is 13.6. The van der Waals surface area contributed by atoms with Crippen LogP contribution >= 0.6 is 11.3 Å². The summed E-state index contributed by atoms with van der Waals surface area (Å²) < 4.78 is 0. The number of hydrogen-bond acceptors (Lipinski definition) is 4. The number of hydrogen-bond donors (Lipinski definition) is 2. The minimum Gasteiger partial charge on any atom is -0.372 e. The van der Waals surface area contributed by atoms with Gasteiger partial charge in [0, 0.05) is 35.7 Å². The quantitative estimate of drug-likeness (QED) is 0.587. The summed E-state index contributed by atoms with van der Waals surface area (Å²) in [4.78, 5) is 27.4. The zero-order chi connectivity index (χ0) is 19.9. The van der Waals surface area contributed by atoms with Gasteiger partial charge in [0.05, 0.1) is 4.88 Å². The van der Waals surface area contributed by atoms with E-state index in [-0.39, 0.29) is 11.8 Å². The second-order valence-electron chi connectivity index (χ2n) is 6.18. The number of carbonyl (C=O) groups is 2. The molecule has 5 nitrogen and oxygen atoms in total. The van der Waals surface area contributed by atoms with E-state index in [4.69, 9.17) is 0 Å². The fraction of sp³-hybridized carbons (Fsp3) is 0.182. The molecule has 0 aliphatic rings. The van der Waals surface area contributed by atoms with Crippen LogP contribution in [0.3, 0.4) is 0 Å². The summed E-state index contributed by atoms with van der Waals surface area (Å²) in [5.74, 6) is -0.304. The molecule has 0 saturated carbocycles. The highest BCUT2D eigenvalue weighted by molar-refractivity contribution is 7.12. The van der Waals surface area contributed by atoms with Crippen molar-refractivity contribution in [2.75, 3.05) is 28.6 Å². The fourth-order valence-corrected chi connectivity index (χ4v) is 3.47. The molecule has 2 aromatic carbocycles. The molecule has 0 aliphatic heterocycles. The van der Waals surface area contributed by atoms with Crippen LogP contribution < -0.4 is 15.5 Å². The standard InChI is InChI=1S/C22H23N3O2S/c1-3-25(4-2)19-13-7-16(8-14-19)21(26)23-17-9-11-18(12-10-17)24-22(27)20-6-5-15-28-20/h5-15H,3-4H2,1-2H3,(H,23,26)(H,24,27). The van der Waals surface area contributed by atoms with E-state index in [0.29, 0.717) is 21.8 Å². The first kappa shape index (κ1) is 19.6. The Balaban J connectivity index is 1.60. The number of amides is 2. The molecule has 28 heavy (non-hydrogen) atoms. The molecular formula is C22H23N3O2S. The molecule has 0 bridgehead atoms. The maximum absolute atomic E-state index is 12.5. The molecule has 2 N–H and O–H groups in total. The van der Waals surface area contributed by atoms with Crippen molar-refractivity contribution in [3.8, 4) is 0 Å². The molecule has 1 heterocycles. The molecule has 144 valence electrons. The Hall–Kier alpha value is -3.12. The van der Waals surface area contributed by atoms with Gasteiger partial charge in [-0.3, -0.25) is 9.59 Å². The van der Waals surface area contributed by atoms with Crippen molar-refractivity contribution >= 4 is 40.2 Å². The first-order valence-electron chi connectivity index (χ1n) is 9.22. The topological polar surface area (TPSA) is 61.4 Å². The average Bonchev–Trinajstić information content (AvgIpc) is 3.26. The van der Waals surface area contributed by atoms with Crippen LogP contribution in [0.1, 0.15) is 33.9 Å². The summed E-state index contributed by atoms with van der Waals surface area (Å²) in [6, 6.07) is 18.3. The van der Waals surface area contributed by atoms with Crippen molar-refractivity contribution in [1.82, 2.24) is 0 Å². The molecule has 1 aromatic heterocycles. The molecule has 0 atom stereocenters. The number of anilines is 3. The Kier molecular flexibility index (Phi) is 6.45. The maximum Gasteiger partial charge on any atom is 0.265 e. The Morgan fingerprint density at radius 1 is 0.821 bits per heavy atom. The summed E-state index contributed by atoms with van der Waals surface area (Å²) in [6.45, 7) is 6.07. The van der Waals surface area contributed by atoms with E-state index in [2.05, 4.69) is 29.4 Å². The summed E-state index contributed by atoms with van der Waals surface area (Å²) in [7, 11) is 0. The van der Waals surface area contributed by atoms with Gasteiger partial charge in [0.25, 0.3) is 11.8 Å². The lowest BCUT2D eigenvalue weighted by Crippen LogP contribution is -2.21. The van der Waals surface area contributed by atoms with Crippen molar-refractivity contribution in [1.29, 1.82) is 0 Å². The molecule has 0 aliphatic carbocycles. The van der Waals surface area contributed by atoms with Gasteiger partial charge in [0.2, 0.25) is 0 Å². The lowest BCUT2D eigenvalue weighted by molar-refractivity contribution is 0.102. The van der Waals surface area contributed by atoms with Crippen molar-refractivity contribution in [3.63, 3.8) is 0 Å². The molecule has 3 rings (SSSR count). The normalized spacial score (nSPS) is 10.4. The Labute approximate surface area is 169 Å². The lowest BCUT2D eigenvalue weighted by atomic mass is 10.1. The van der Waals surface area contributed by atoms with E-state index < -0.39 is 0 Å². The molecular weight excluding hydrogens is 370 g/mol. The predicted octanol–water partition coefficient (Wildman–Crippen LogP) is 5.10. The second kappa shape index (κ2) is 9.19. The van der Waals surface area contributed by atoms with Gasteiger partial charge in [0.1, 0.15) is 0 Å². The van der Waals surface area contributed by atoms with Gasteiger partial charge in [-0.2, -0.15) is 0 Å². The van der Waals surface area contributed by atoms with Gasteiger partial charge >= 0.3 is 0 Å². The third kappa shape index (κ3) is 4.78. The van der Waals surface area contributed by atoms with E-state index in [9.17, 15) is 9.59 Å². The van der Waals surface area contributed by atoms with E-state index in [1.165, 1.54) is 11.3 Å². The molecule has 3 aromatic rings. The van der Waals surface area contributed by atoms with Gasteiger partial charge in [-0.15, -0.1) is 11.3 Å². The molecule has 0 radical (unpaired) electrons. The van der Waals surface area contributed by atoms with E-state index >= 15 is 0 Å². The van der Waals surface area contributed by atoms with Crippen LogP contribution in [-0.2, 0) is 0 Å². The van der Waals surface area contributed by atoms with Crippen LogP contribution in [0.25, 0.3) is 0 Å². The maximum atomic E-state index is 12.5. The van der Waals surface area contributed by atoms with Crippen LogP contribution in [0, 0.1) is 0 Å². The summed E-state index contributed by atoms with van der Waals surface area (Å²) >= 11 is 1.39. The van der Waals surface area contributed by atoms with Crippen LogP contribution in [0.15, 0.2) is 66.0 Å². The third-order valence-electron chi connectivity index (χ3n) is 4.40. The SMILES string of the molecule is CCN(CC)c1ccc(C(=O)Nc2ccc(NC(=O)c3cccs3)cc2)cc1. The summed E-state index contributed by atoms with van der Waals surface area (Å²) in [5.41, 5.74) is 3.06. The summed E-state index contributed by atoms with van der Waals surface area (Å²) in [5, 5.41) is 7.58. The van der Waals surface area contributed by atoms with E-state index in [1.807, 2.05) is 35.7 Å². The van der Waals surface area contributed by atoms with Crippen molar-refractivity contribution in [3.05, 3.63) is 76.5 Å². The number of rotatable bonds is 7. The number of thiophene rings is 1. The molecule has 6 heteroatoms. The second-order valence-corrected chi connectivity index (χ2v) is 7.13. The number of benzene rings is 2. The van der Waals surface area contributed by atoms with Gasteiger partial charge in [0.15, 0.2) is 0 Å². The molecule has 0 unspecified atom stereocenters. The molecule has 0 spiro atoms. The Bertz CT molecular complexity index is 915. The van der Waals surface area contributed by atoms with Gasteiger partial charge in [-0.25, -0.2) is 0 Å². The smallest absolute Gasteiger partial charge is 0.265 e. The number of carbonyl (C=O) groups excluding carboxylic acids is 2. The molecule has 0 saturated heterocycles. The van der Waals surface area contributed by atoms with Gasteiger partial charge in [-0.05, 0) is 73.8 Å². The van der Waals surface area contributed by atoms with Crippen LogP contribution in [0.2, 0.25) is 0 Å². The van der Waals surface area contributed by atoms with Crippen LogP contribution in [0.4, 0.5) is 17.1 Å². The summed E-state index contributed by atoms with van der Waals surface area (Å²) in [6.07, 6.45) is 0. The monoisotopic (exact) mass is 393 g/mol. The average molecular weight is 394 g/mol. The number of nitrogens with zero attached hydrogens (tertiary/aromatic N) is 1. The lowest BCUT2D eigenvalue weighted by Gasteiger charge is -2.21. The molecule has 2 amide bonds. The fourth-order valence-electron chi connectivity index (χ4n) is 2.85. The minimum atomic E-state index is -0.165. The first-order valence-corrected chi connectivity index (χ1v) is 10.1. The number of nitrogens with one attached hydrogen (secondary N) is 2. The van der Waals surface area contributed by atoms with Gasteiger partial charge < -0.3 is 15.5 Å². The van der Waals surface area contributed by atoms with Crippen molar-refractivity contribution in [2.45, 2.75) is 13.8 Å². The third-order valence-corrected chi connectivity index (χ3v) is 5.27. The van der Waals surface area contributed by atoms with Crippen molar-refractivity contribution in [2.24, 2.45) is 0 Å². The van der Waals surface area contributed by atoms with Crippen LogP contribution in [0.5, 0.6) is 0 Å². The Morgan fingerprint density at radius 2 is 1.39 bits per heavy atom. The van der Waals surface area contributed by atoms with Crippen molar-refractivity contribution < 1.29 is 9.59 Å². The van der Waals surface area contributed by atoms with Gasteiger partial charge in [-0.1, -0.05) is 6.07 Å². The Morgan fingerprint density at radius 3 is 1.89 bits per heavy atom. The zero-order valence-corrected chi connectivity index (χ0v) is 16.8. The highest BCUT2D eigenvalue weighted by atomic mass is 32.1. The van der Waals surface area contributed by atoms with Crippen LogP contribution in [-0.4, -0.2) is 24.9 Å². The predicted molar refractivity (Wildman–Crippen MR) is 117 cm³/mol. The largest absolute Gasteiger partial charge is 0.372 e.